The van der Waals surface area contributed by atoms with Gasteiger partial charge in [-0.2, -0.15) is 0 Å². The van der Waals surface area contributed by atoms with Gasteiger partial charge in [0.1, 0.15) is 23.0 Å². The van der Waals surface area contributed by atoms with E-state index in [2.05, 4.69) is 39.0 Å². The number of benzene rings is 1. The molecule has 0 saturated carbocycles. The highest BCUT2D eigenvalue weighted by Gasteiger charge is 2.53. The van der Waals surface area contributed by atoms with Gasteiger partial charge in [-0.05, 0) is 81.8 Å². The molecule has 0 radical (unpaired) electrons. The molecule has 0 N–H and O–H groups in total. The van der Waals surface area contributed by atoms with E-state index in [0.29, 0.717) is 5.92 Å². The van der Waals surface area contributed by atoms with E-state index in [4.69, 9.17) is 13.9 Å². The lowest BCUT2D eigenvalue weighted by Gasteiger charge is -2.53. The van der Waals surface area contributed by atoms with Gasteiger partial charge in [-0.3, -0.25) is 0 Å². The number of fused-ring (bicyclic) bond motifs is 5. The Morgan fingerprint density at radius 3 is 2.59 bits per heavy atom. The van der Waals surface area contributed by atoms with Crippen LogP contribution in [0.3, 0.4) is 0 Å². The number of hydrogen-bond donors (Lipinski definition) is 0. The lowest BCUT2D eigenvalue weighted by atomic mass is 9.58. The molecule has 2 aromatic rings. The Morgan fingerprint density at radius 2 is 1.91 bits per heavy atom. The minimum absolute atomic E-state index is 0.0240. The average Bonchev–Trinajstić information content (AvgIpc) is 3.04. The van der Waals surface area contributed by atoms with E-state index in [0.717, 1.165) is 56.7 Å². The number of nitrogens with zero attached hydrogens (tertiary/aromatic N) is 1. The van der Waals surface area contributed by atoms with Crippen LogP contribution in [0.25, 0.3) is 11.0 Å². The van der Waals surface area contributed by atoms with Crippen LogP contribution >= 0.6 is 0 Å². The monoisotopic (exact) mass is 439 g/mol. The normalized spacial score (nSPS) is 26.6. The molecule has 5 rings (SSSR count). The van der Waals surface area contributed by atoms with Gasteiger partial charge in [-0.25, -0.2) is 4.79 Å². The number of carbonyl (C=O) groups is 1. The molecule has 1 aromatic heterocycles. The average molecular weight is 440 g/mol. The van der Waals surface area contributed by atoms with Crippen LogP contribution in [0.5, 0.6) is 0 Å². The van der Waals surface area contributed by atoms with Crippen LogP contribution < -0.4 is 0 Å². The van der Waals surface area contributed by atoms with Gasteiger partial charge in [0.15, 0.2) is 0 Å². The summed E-state index contributed by atoms with van der Waals surface area (Å²) in [5.74, 6) is 1.47. The molecule has 0 bridgehead atoms. The lowest BCUT2D eigenvalue weighted by molar-refractivity contribution is -0.159. The van der Waals surface area contributed by atoms with Gasteiger partial charge < -0.3 is 18.8 Å². The van der Waals surface area contributed by atoms with Crippen molar-refractivity contribution in [2.75, 3.05) is 19.7 Å². The Labute approximate surface area is 191 Å². The van der Waals surface area contributed by atoms with Crippen molar-refractivity contribution in [1.29, 1.82) is 0 Å². The van der Waals surface area contributed by atoms with Crippen molar-refractivity contribution < 1.29 is 18.7 Å². The highest BCUT2D eigenvalue weighted by Crippen LogP contribution is 2.58. The molecule has 32 heavy (non-hydrogen) atoms. The highest BCUT2D eigenvalue weighted by atomic mass is 16.6. The van der Waals surface area contributed by atoms with E-state index in [-0.39, 0.29) is 23.0 Å². The fourth-order valence-corrected chi connectivity index (χ4v) is 6.07. The zero-order chi connectivity index (χ0) is 22.9. The lowest BCUT2D eigenvalue weighted by Crippen LogP contribution is -2.52. The Bertz CT molecular complexity index is 1040. The van der Waals surface area contributed by atoms with E-state index in [1.54, 1.807) is 0 Å². The summed E-state index contributed by atoms with van der Waals surface area (Å²) in [5, 5.41) is 1.24. The second-order valence-electron chi connectivity index (χ2n) is 12.1. The van der Waals surface area contributed by atoms with E-state index in [1.165, 1.54) is 16.5 Å². The van der Waals surface area contributed by atoms with Crippen molar-refractivity contribution in [1.82, 2.24) is 4.90 Å². The predicted molar refractivity (Wildman–Crippen MR) is 125 cm³/mol. The van der Waals surface area contributed by atoms with Gasteiger partial charge in [0, 0.05) is 24.0 Å². The van der Waals surface area contributed by atoms with Gasteiger partial charge in [0.05, 0.1) is 6.61 Å². The number of rotatable bonds is 0. The second-order valence-corrected chi connectivity index (χ2v) is 12.1. The van der Waals surface area contributed by atoms with Crippen LogP contribution in [0.2, 0.25) is 0 Å². The maximum absolute atomic E-state index is 12.5. The Hall–Kier alpha value is -2.01. The first-order valence-electron chi connectivity index (χ1n) is 12.1. The standard InChI is InChI=1S/C27H37NO4/c1-17-7-8-18-19-14-26(5,6)20-15-27(16-30-23(20)22(19)31-21(18)13-17)9-11-28(12-10-27)24(29)32-25(2,3)4/h7-8,13,20,23H,9-12,14-16H2,1-6H3/t20-,23-/m1/s1. The van der Waals surface area contributed by atoms with Crippen molar-refractivity contribution >= 4 is 17.1 Å². The summed E-state index contributed by atoms with van der Waals surface area (Å²) in [5.41, 5.74) is 3.36. The number of ether oxygens (including phenoxy) is 2. The number of furan rings is 1. The minimum Gasteiger partial charge on any atom is -0.458 e. The molecule has 1 amide bonds. The topological polar surface area (TPSA) is 51.9 Å². The first-order chi connectivity index (χ1) is 15.0. The van der Waals surface area contributed by atoms with Crippen LogP contribution in [-0.4, -0.2) is 36.3 Å². The molecule has 2 aliphatic heterocycles. The van der Waals surface area contributed by atoms with Crippen molar-refractivity contribution in [2.24, 2.45) is 16.7 Å². The Kier molecular flexibility index (Phi) is 4.94. The summed E-state index contributed by atoms with van der Waals surface area (Å²) in [4.78, 5) is 14.4. The second kappa shape index (κ2) is 7.24. The largest absolute Gasteiger partial charge is 0.458 e. The van der Waals surface area contributed by atoms with Crippen LogP contribution in [-0.2, 0) is 15.9 Å². The summed E-state index contributed by atoms with van der Waals surface area (Å²) < 4.78 is 18.6. The molecule has 5 nitrogen and oxygen atoms in total. The molecule has 0 unspecified atom stereocenters. The number of carbonyl (C=O) groups excluding carboxylic acids is 1. The number of aryl methyl sites for hydroxylation is 1. The Balaban J connectivity index is 1.36. The highest BCUT2D eigenvalue weighted by molar-refractivity contribution is 5.83. The first-order valence-corrected chi connectivity index (χ1v) is 12.1. The van der Waals surface area contributed by atoms with Crippen molar-refractivity contribution in [3.63, 3.8) is 0 Å². The first kappa shape index (κ1) is 21.8. The van der Waals surface area contributed by atoms with Crippen LogP contribution in [0.15, 0.2) is 22.6 Å². The fourth-order valence-electron chi connectivity index (χ4n) is 6.07. The Morgan fingerprint density at radius 1 is 1.19 bits per heavy atom. The molecule has 1 aromatic carbocycles. The molecule has 174 valence electrons. The predicted octanol–water partition coefficient (Wildman–Crippen LogP) is 6.42. The molecular weight excluding hydrogens is 402 g/mol. The van der Waals surface area contributed by atoms with E-state index < -0.39 is 5.60 Å². The number of likely N-dealkylation sites (tertiary alicyclic amines) is 1. The molecule has 3 aliphatic rings. The number of piperidine rings is 1. The van der Waals surface area contributed by atoms with Crippen LogP contribution in [0.4, 0.5) is 4.79 Å². The maximum Gasteiger partial charge on any atom is 0.410 e. The van der Waals surface area contributed by atoms with Crippen molar-refractivity contribution in [3.8, 4) is 0 Å². The SMILES string of the molecule is Cc1ccc2c3c(oc2c1)[C@@H]1OCC2(CCN(C(=O)OC(C)(C)C)CC2)C[C@H]1C(C)(C)C3. The summed E-state index contributed by atoms with van der Waals surface area (Å²) in [6.07, 6.45) is 3.92. The van der Waals surface area contributed by atoms with Gasteiger partial charge in [0.25, 0.3) is 0 Å². The smallest absolute Gasteiger partial charge is 0.410 e. The number of hydrogen-bond acceptors (Lipinski definition) is 4. The number of amides is 1. The van der Waals surface area contributed by atoms with E-state index in [1.807, 2.05) is 25.7 Å². The van der Waals surface area contributed by atoms with Gasteiger partial charge in [-0.15, -0.1) is 0 Å². The van der Waals surface area contributed by atoms with E-state index in [9.17, 15) is 4.79 Å². The maximum atomic E-state index is 12.5. The van der Waals surface area contributed by atoms with Gasteiger partial charge in [-0.1, -0.05) is 26.0 Å². The third-order valence-corrected chi connectivity index (χ3v) is 7.94. The summed E-state index contributed by atoms with van der Waals surface area (Å²) in [7, 11) is 0. The van der Waals surface area contributed by atoms with Crippen molar-refractivity contribution in [3.05, 3.63) is 35.1 Å². The quantitative estimate of drug-likeness (QED) is 0.475. The van der Waals surface area contributed by atoms with Crippen LogP contribution in [0, 0.1) is 23.7 Å². The summed E-state index contributed by atoms with van der Waals surface area (Å²) >= 11 is 0. The zero-order valence-electron chi connectivity index (χ0n) is 20.4. The summed E-state index contributed by atoms with van der Waals surface area (Å²) in [6.45, 7) is 14.9. The minimum atomic E-state index is -0.456. The van der Waals surface area contributed by atoms with E-state index >= 15 is 0 Å². The van der Waals surface area contributed by atoms with Crippen molar-refractivity contribution in [2.45, 2.75) is 78.9 Å². The van der Waals surface area contributed by atoms with Crippen LogP contribution in [0.1, 0.15) is 76.9 Å². The molecule has 2 fully saturated rings. The molecule has 2 atom stereocenters. The van der Waals surface area contributed by atoms with Gasteiger partial charge in [0.2, 0.25) is 0 Å². The third kappa shape index (κ3) is 3.72. The molecule has 5 heteroatoms. The molecule has 1 spiro atoms. The zero-order valence-corrected chi connectivity index (χ0v) is 20.4. The molecule has 3 heterocycles. The summed E-state index contributed by atoms with van der Waals surface area (Å²) in [6, 6.07) is 6.53. The molecular formula is C27H37NO4. The molecule has 1 aliphatic carbocycles. The third-order valence-electron chi connectivity index (χ3n) is 7.94. The fraction of sp³-hybridized carbons (Fsp3) is 0.667. The molecule has 2 saturated heterocycles. The van der Waals surface area contributed by atoms with Gasteiger partial charge >= 0.3 is 6.09 Å².